The maximum Gasteiger partial charge on any atom is 0.230 e. The van der Waals surface area contributed by atoms with Crippen molar-refractivity contribution < 1.29 is 8.91 Å². The van der Waals surface area contributed by atoms with Crippen LogP contribution in [0.5, 0.6) is 0 Å². The van der Waals surface area contributed by atoms with Gasteiger partial charge in [-0.05, 0) is 48.4 Å². The first-order valence-corrected chi connectivity index (χ1v) is 7.13. The van der Waals surface area contributed by atoms with Crippen molar-refractivity contribution in [2.45, 2.75) is 6.92 Å². The summed E-state index contributed by atoms with van der Waals surface area (Å²) in [6, 6.07) is 12.2. The van der Waals surface area contributed by atoms with Crippen LogP contribution in [-0.2, 0) is 0 Å². The Morgan fingerprint density at radius 1 is 1.19 bits per heavy atom. The highest BCUT2D eigenvalue weighted by Gasteiger charge is 2.19. The van der Waals surface area contributed by atoms with Crippen LogP contribution in [0.3, 0.4) is 0 Å². The predicted octanol–water partition coefficient (Wildman–Crippen LogP) is 4.80. The molecule has 2 aromatic carbocycles. The lowest BCUT2D eigenvalue weighted by atomic mass is 9.98. The first kappa shape index (κ1) is 13.8. The van der Waals surface area contributed by atoms with E-state index >= 15 is 0 Å². The van der Waals surface area contributed by atoms with Crippen molar-refractivity contribution in [2.24, 2.45) is 0 Å². The van der Waals surface area contributed by atoms with Crippen molar-refractivity contribution in [3.63, 3.8) is 0 Å². The molecule has 0 fully saturated rings. The molecule has 0 aliphatic heterocycles. The summed E-state index contributed by atoms with van der Waals surface area (Å²) >= 11 is 3.44. The summed E-state index contributed by atoms with van der Waals surface area (Å²) in [5.41, 5.74) is 9.72. The number of benzene rings is 2. The van der Waals surface area contributed by atoms with Crippen LogP contribution in [0, 0.1) is 12.7 Å². The van der Waals surface area contributed by atoms with Gasteiger partial charge in [0.15, 0.2) is 0 Å². The number of nitrogens with zero attached hydrogens (tertiary/aromatic N) is 1. The van der Waals surface area contributed by atoms with Crippen LogP contribution in [0.15, 0.2) is 51.5 Å². The third-order valence-electron chi connectivity index (χ3n) is 3.28. The molecular formula is C16H12BrFN2O. The maximum absolute atomic E-state index is 13.3. The zero-order valence-corrected chi connectivity index (χ0v) is 12.8. The number of nitrogens with two attached hydrogens (primary N) is 1. The van der Waals surface area contributed by atoms with Gasteiger partial charge in [0.2, 0.25) is 5.88 Å². The van der Waals surface area contributed by atoms with Gasteiger partial charge in [-0.2, -0.15) is 0 Å². The SMILES string of the molecule is Cc1cc(F)ccc1-c1noc(N)c1-c1cccc(Br)c1. The fourth-order valence-electron chi connectivity index (χ4n) is 2.30. The molecular weight excluding hydrogens is 335 g/mol. The quantitative estimate of drug-likeness (QED) is 0.724. The largest absolute Gasteiger partial charge is 0.367 e. The van der Waals surface area contributed by atoms with Crippen LogP contribution in [0.25, 0.3) is 22.4 Å². The summed E-state index contributed by atoms with van der Waals surface area (Å²) in [5.74, 6) is -0.0384. The second-order valence-corrected chi connectivity index (χ2v) is 5.66. The molecule has 0 spiro atoms. The van der Waals surface area contributed by atoms with Crippen molar-refractivity contribution >= 4 is 21.8 Å². The van der Waals surface area contributed by atoms with Crippen LogP contribution in [0.1, 0.15) is 5.56 Å². The number of rotatable bonds is 2. The second kappa shape index (κ2) is 5.33. The Morgan fingerprint density at radius 2 is 2.00 bits per heavy atom. The average molecular weight is 347 g/mol. The van der Waals surface area contributed by atoms with Crippen molar-refractivity contribution in [2.75, 3.05) is 5.73 Å². The molecule has 0 saturated carbocycles. The summed E-state index contributed by atoms with van der Waals surface area (Å²) < 4.78 is 19.4. The number of hydrogen-bond acceptors (Lipinski definition) is 3. The van der Waals surface area contributed by atoms with Gasteiger partial charge in [0.1, 0.15) is 11.5 Å². The third kappa shape index (κ3) is 2.56. The third-order valence-corrected chi connectivity index (χ3v) is 3.77. The van der Waals surface area contributed by atoms with Gasteiger partial charge in [-0.3, -0.25) is 0 Å². The highest BCUT2D eigenvalue weighted by molar-refractivity contribution is 9.10. The zero-order valence-electron chi connectivity index (χ0n) is 11.2. The van der Waals surface area contributed by atoms with Crippen LogP contribution in [-0.4, -0.2) is 5.16 Å². The number of aromatic nitrogens is 1. The molecule has 5 heteroatoms. The lowest BCUT2D eigenvalue weighted by molar-refractivity contribution is 0.439. The minimum Gasteiger partial charge on any atom is -0.367 e. The number of halogens is 2. The van der Waals surface area contributed by atoms with Gasteiger partial charge in [-0.15, -0.1) is 0 Å². The average Bonchev–Trinajstić information content (AvgIpc) is 2.80. The smallest absolute Gasteiger partial charge is 0.230 e. The van der Waals surface area contributed by atoms with E-state index in [2.05, 4.69) is 21.1 Å². The predicted molar refractivity (Wildman–Crippen MR) is 84.2 cm³/mol. The Balaban J connectivity index is 2.22. The molecule has 0 atom stereocenters. The Hall–Kier alpha value is -2.14. The molecule has 0 radical (unpaired) electrons. The van der Waals surface area contributed by atoms with E-state index < -0.39 is 0 Å². The van der Waals surface area contributed by atoms with Gasteiger partial charge < -0.3 is 10.3 Å². The number of aryl methyl sites for hydroxylation is 1. The Labute approximate surface area is 129 Å². The molecule has 0 amide bonds. The van der Waals surface area contributed by atoms with E-state index in [4.69, 9.17) is 10.3 Å². The first-order chi connectivity index (χ1) is 10.1. The Morgan fingerprint density at radius 3 is 2.71 bits per heavy atom. The topological polar surface area (TPSA) is 52.0 Å². The number of nitrogen functional groups attached to an aromatic ring is 1. The molecule has 106 valence electrons. The molecule has 2 N–H and O–H groups in total. The van der Waals surface area contributed by atoms with Crippen molar-refractivity contribution in [3.05, 3.63) is 58.3 Å². The van der Waals surface area contributed by atoms with Crippen molar-refractivity contribution in [1.82, 2.24) is 5.16 Å². The Kier molecular flexibility index (Phi) is 3.51. The highest BCUT2D eigenvalue weighted by atomic mass is 79.9. The van der Waals surface area contributed by atoms with Gasteiger partial charge in [0.05, 0.1) is 5.56 Å². The van der Waals surface area contributed by atoms with Crippen LogP contribution in [0.2, 0.25) is 0 Å². The lowest BCUT2D eigenvalue weighted by Crippen LogP contribution is -1.90. The summed E-state index contributed by atoms with van der Waals surface area (Å²) in [4.78, 5) is 0. The normalized spacial score (nSPS) is 10.8. The second-order valence-electron chi connectivity index (χ2n) is 4.74. The standard InChI is InChI=1S/C16H12BrFN2O/c1-9-7-12(18)5-6-13(9)15-14(16(19)21-20-15)10-3-2-4-11(17)8-10/h2-8H,19H2,1H3. The summed E-state index contributed by atoms with van der Waals surface area (Å²) in [7, 11) is 0. The van der Waals surface area contributed by atoms with E-state index in [1.165, 1.54) is 12.1 Å². The fraction of sp³-hybridized carbons (Fsp3) is 0.0625. The molecule has 0 aliphatic carbocycles. The monoisotopic (exact) mass is 346 g/mol. The number of hydrogen-bond donors (Lipinski definition) is 1. The van der Waals surface area contributed by atoms with Gasteiger partial charge in [-0.1, -0.05) is 33.2 Å². The molecule has 1 aromatic heterocycles. The van der Waals surface area contributed by atoms with E-state index in [0.29, 0.717) is 11.3 Å². The summed E-state index contributed by atoms with van der Waals surface area (Å²) in [5, 5.41) is 4.04. The molecule has 3 rings (SSSR count). The molecule has 0 aliphatic rings. The van der Waals surface area contributed by atoms with E-state index in [-0.39, 0.29) is 11.7 Å². The summed E-state index contributed by atoms with van der Waals surface area (Å²) in [6.45, 7) is 1.83. The zero-order chi connectivity index (χ0) is 15.0. The Bertz CT molecular complexity index is 814. The molecule has 3 aromatic rings. The van der Waals surface area contributed by atoms with Crippen LogP contribution in [0.4, 0.5) is 10.3 Å². The minimum absolute atomic E-state index is 0.242. The van der Waals surface area contributed by atoms with Gasteiger partial charge >= 0.3 is 0 Å². The maximum atomic E-state index is 13.3. The molecule has 0 bridgehead atoms. The fourth-order valence-corrected chi connectivity index (χ4v) is 2.70. The number of anilines is 1. The van der Waals surface area contributed by atoms with E-state index in [0.717, 1.165) is 21.2 Å². The van der Waals surface area contributed by atoms with Gasteiger partial charge in [-0.25, -0.2) is 4.39 Å². The van der Waals surface area contributed by atoms with E-state index in [1.54, 1.807) is 6.07 Å². The molecule has 0 unspecified atom stereocenters. The van der Waals surface area contributed by atoms with Crippen LogP contribution >= 0.6 is 15.9 Å². The first-order valence-electron chi connectivity index (χ1n) is 6.34. The molecule has 1 heterocycles. The summed E-state index contributed by atoms with van der Waals surface area (Å²) in [6.07, 6.45) is 0. The van der Waals surface area contributed by atoms with Gasteiger partial charge in [0.25, 0.3) is 0 Å². The van der Waals surface area contributed by atoms with Crippen LogP contribution < -0.4 is 5.73 Å². The molecule has 21 heavy (non-hydrogen) atoms. The molecule has 0 saturated heterocycles. The van der Waals surface area contributed by atoms with E-state index in [1.807, 2.05) is 31.2 Å². The molecule has 3 nitrogen and oxygen atoms in total. The van der Waals surface area contributed by atoms with Crippen molar-refractivity contribution in [1.29, 1.82) is 0 Å². The van der Waals surface area contributed by atoms with E-state index in [9.17, 15) is 4.39 Å². The lowest BCUT2D eigenvalue weighted by Gasteiger charge is -2.06. The minimum atomic E-state index is -0.281. The highest BCUT2D eigenvalue weighted by Crippen LogP contribution is 2.38. The van der Waals surface area contributed by atoms with Crippen molar-refractivity contribution in [3.8, 4) is 22.4 Å². The van der Waals surface area contributed by atoms with Gasteiger partial charge in [0, 0.05) is 10.0 Å².